The van der Waals surface area contributed by atoms with Crippen molar-refractivity contribution in [3.63, 3.8) is 0 Å². The van der Waals surface area contributed by atoms with Crippen LogP contribution in [0.25, 0.3) is 0 Å². The van der Waals surface area contributed by atoms with E-state index in [1.807, 2.05) is 6.92 Å². The fraction of sp³-hybridized carbons (Fsp3) is 0.400. The molecule has 0 saturated heterocycles. The summed E-state index contributed by atoms with van der Waals surface area (Å²) in [7, 11) is 0. The molecule has 0 aliphatic carbocycles. The van der Waals surface area contributed by atoms with Crippen LogP contribution in [0.1, 0.15) is 24.8 Å². The fourth-order valence-corrected chi connectivity index (χ4v) is 2.40. The second-order valence-electron chi connectivity index (χ2n) is 2.67. The van der Waals surface area contributed by atoms with Gasteiger partial charge >= 0.3 is 0 Å². The molecule has 0 spiro atoms. The van der Waals surface area contributed by atoms with E-state index in [1.54, 1.807) is 11.3 Å². The van der Waals surface area contributed by atoms with E-state index in [4.69, 9.17) is 0 Å². The van der Waals surface area contributed by atoms with Gasteiger partial charge in [-0.15, -0.1) is 17.3 Å². The average molecular weight is 258 g/mol. The van der Waals surface area contributed by atoms with Crippen molar-refractivity contribution in [2.24, 2.45) is 0 Å². The topological polar surface area (TPSA) is 12.0 Å². The van der Waals surface area contributed by atoms with Crippen molar-refractivity contribution in [3.05, 3.63) is 20.8 Å². The molecule has 13 heavy (non-hydrogen) atoms. The summed E-state index contributed by atoms with van der Waals surface area (Å²) in [4.78, 5) is 1.34. The summed E-state index contributed by atoms with van der Waals surface area (Å²) >= 11 is 5.20. The van der Waals surface area contributed by atoms with Crippen LogP contribution in [-0.4, -0.2) is 6.54 Å². The summed E-state index contributed by atoms with van der Waals surface area (Å²) in [5.74, 6) is 5.85. The van der Waals surface area contributed by atoms with Gasteiger partial charge in [0.25, 0.3) is 0 Å². The first-order valence-corrected chi connectivity index (χ1v) is 5.73. The van der Waals surface area contributed by atoms with E-state index < -0.39 is 0 Å². The third-order valence-corrected chi connectivity index (χ3v) is 3.50. The third kappa shape index (κ3) is 3.51. The molecule has 0 bridgehead atoms. The largest absolute Gasteiger partial charge is 0.299 e. The highest BCUT2D eigenvalue weighted by molar-refractivity contribution is 9.11. The maximum atomic E-state index is 3.45. The van der Waals surface area contributed by atoms with Crippen molar-refractivity contribution in [1.82, 2.24) is 5.32 Å². The van der Waals surface area contributed by atoms with Gasteiger partial charge < -0.3 is 0 Å². The lowest BCUT2D eigenvalue weighted by Gasteiger charge is -2.08. The van der Waals surface area contributed by atoms with Crippen molar-refractivity contribution < 1.29 is 0 Å². The molecule has 1 nitrogen and oxygen atoms in total. The van der Waals surface area contributed by atoms with Gasteiger partial charge in [0.2, 0.25) is 0 Å². The molecule has 1 N–H and O–H groups in total. The van der Waals surface area contributed by atoms with Crippen LogP contribution in [0.15, 0.2) is 15.9 Å². The number of hydrogen-bond acceptors (Lipinski definition) is 2. The lowest BCUT2D eigenvalue weighted by atomic mass is 10.3. The number of rotatable bonds is 3. The summed E-state index contributed by atoms with van der Waals surface area (Å²) in [6, 6.07) is 4.59. The van der Waals surface area contributed by atoms with Crippen LogP contribution >= 0.6 is 27.3 Å². The minimum Gasteiger partial charge on any atom is -0.299 e. The summed E-state index contributed by atoms with van der Waals surface area (Å²) in [5.41, 5.74) is 0. The maximum absolute atomic E-state index is 3.45. The molecule has 1 rings (SSSR count). The zero-order valence-electron chi connectivity index (χ0n) is 7.73. The van der Waals surface area contributed by atoms with E-state index in [9.17, 15) is 0 Å². The van der Waals surface area contributed by atoms with E-state index in [-0.39, 0.29) is 0 Å². The minimum atomic E-state index is 0.386. The molecule has 1 atom stereocenters. The molecule has 3 heteroatoms. The van der Waals surface area contributed by atoms with Crippen molar-refractivity contribution >= 4 is 27.3 Å². The predicted molar refractivity (Wildman–Crippen MR) is 61.9 cm³/mol. The Bertz CT molecular complexity index is 321. The Morgan fingerprint density at radius 1 is 1.62 bits per heavy atom. The lowest BCUT2D eigenvalue weighted by Crippen LogP contribution is -2.17. The van der Waals surface area contributed by atoms with Crippen molar-refractivity contribution in [2.45, 2.75) is 19.9 Å². The zero-order chi connectivity index (χ0) is 9.68. The van der Waals surface area contributed by atoms with Gasteiger partial charge in [0.05, 0.1) is 10.3 Å². The highest BCUT2D eigenvalue weighted by Crippen LogP contribution is 2.26. The molecular weight excluding hydrogens is 246 g/mol. The molecule has 1 aromatic rings. The zero-order valence-corrected chi connectivity index (χ0v) is 10.1. The lowest BCUT2D eigenvalue weighted by molar-refractivity contribution is 0.633. The summed E-state index contributed by atoms with van der Waals surface area (Å²) in [6.07, 6.45) is 0. The summed E-state index contributed by atoms with van der Waals surface area (Å²) in [6.45, 7) is 4.76. The van der Waals surface area contributed by atoms with Gasteiger partial charge in [-0.25, -0.2) is 0 Å². The van der Waals surface area contributed by atoms with Gasteiger partial charge in [0.1, 0.15) is 0 Å². The number of hydrogen-bond donors (Lipinski definition) is 1. The quantitative estimate of drug-likeness (QED) is 0.821. The second kappa shape index (κ2) is 5.43. The third-order valence-electron chi connectivity index (χ3n) is 1.69. The first kappa shape index (κ1) is 10.8. The van der Waals surface area contributed by atoms with E-state index >= 15 is 0 Å². The number of nitrogens with one attached hydrogen (secondary N) is 1. The van der Waals surface area contributed by atoms with E-state index in [0.717, 1.165) is 6.54 Å². The molecule has 1 heterocycles. The average Bonchev–Trinajstić information content (AvgIpc) is 2.52. The van der Waals surface area contributed by atoms with Crippen LogP contribution < -0.4 is 5.32 Å². The molecule has 1 aromatic heterocycles. The van der Waals surface area contributed by atoms with Gasteiger partial charge in [-0.05, 0) is 41.9 Å². The Morgan fingerprint density at radius 2 is 2.38 bits per heavy atom. The molecule has 0 fully saturated rings. The van der Waals surface area contributed by atoms with E-state index in [2.05, 4.69) is 52.1 Å². The molecular formula is C10H12BrNS. The van der Waals surface area contributed by atoms with Gasteiger partial charge in [-0.2, -0.15) is 0 Å². The second-order valence-corrected chi connectivity index (χ2v) is 5.17. The SMILES string of the molecule is CC#CCNC(C)c1ccc(Br)s1. The first-order chi connectivity index (χ1) is 6.24. The predicted octanol–water partition coefficient (Wildman–Crippen LogP) is 3.18. The molecule has 0 saturated carbocycles. The Balaban J connectivity index is 2.47. The van der Waals surface area contributed by atoms with Crippen LogP contribution in [0.4, 0.5) is 0 Å². The van der Waals surface area contributed by atoms with Gasteiger partial charge in [-0.1, -0.05) is 5.92 Å². The van der Waals surface area contributed by atoms with Gasteiger partial charge in [0, 0.05) is 10.9 Å². The van der Waals surface area contributed by atoms with Gasteiger partial charge in [-0.3, -0.25) is 5.32 Å². The van der Waals surface area contributed by atoms with Crippen molar-refractivity contribution in [3.8, 4) is 11.8 Å². The van der Waals surface area contributed by atoms with E-state index in [0.29, 0.717) is 6.04 Å². The van der Waals surface area contributed by atoms with Gasteiger partial charge in [0.15, 0.2) is 0 Å². The normalized spacial score (nSPS) is 11.9. The molecule has 0 aromatic carbocycles. The van der Waals surface area contributed by atoms with Crippen molar-refractivity contribution in [2.75, 3.05) is 6.54 Å². The van der Waals surface area contributed by atoms with Crippen LogP contribution in [0.5, 0.6) is 0 Å². The molecule has 0 aliphatic rings. The highest BCUT2D eigenvalue weighted by Gasteiger charge is 2.05. The molecule has 0 aliphatic heterocycles. The molecule has 70 valence electrons. The molecule has 0 amide bonds. The number of halogens is 1. The first-order valence-electron chi connectivity index (χ1n) is 4.12. The standard InChI is InChI=1S/C10H12BrNS/c1-3-4-7-12-8(2)9-5-6-10(11)13-9/h5-6,8,12H,7H2,1-2H3. The fourth-order valence-electron chi connectivity index (χ4n) is 0.954. The molecule has 0 radical (unpaired) electrons. The Morgan fingerprint density at radius 3 is 2.92 bits per heavy atom. The minimum absolute atomic E-state index is 0.386. The smallest absolute Gasteiger partial charge is 0.0701 e. The van der Waals surface area contributed by atoms with Crippen molar-refractivity contribution in [1.29, 1.82) is 0 Å². The summed E-state index contributed by atoms with van der Waals surface area (Å²) < 4.78 is 1.18. The highest BCUT2D eigenvalue weighted by atomic mass is 79.9. The molecule has 1 unspecified atom stereocenters. The van der Waals surface area contributed by atoms with Crippen LogP contribution in [0.2, 0.25) is 0 Å². The maximum Gasteiger partial charge on any atom is 0.0701 e. The van der Waals surface area contributed by atoms with Crippen LogP contribution in [-0.2, 0) is 0 Å². The van der Waals surface area contributed by atoms with Crippen LogP contribution in [0.3, 0.4) is 0 Å². The van der Waals surface area contributed by atoms with E-state index in [1.165, 1.54) is 8.66 Å². The number of thiophene rings is 1. The summed E-state index contributed by atoms with van der Waals surface area (Å²) in [5, 5.41) is 3.33. The Labute approximate surface area is 91.7 Å². The Hall–Kier alpha value is -0.300. The monoisotopic (exact) mass is 257 g/mol. The Kier molecular flexibility index (Phi) is 4.51. The van der Waals surface area contributed by atoms with Crippen LogP contribution in [0, 0.1) is 11.8 Å².